The van der Waals surface area contributed by atoms with Gasteiger partial charge in [0, 0.05) is 12.7 Å². The monoisotopic (exact) mass is 235 g/mol. The molecule has 0 unspecified atom stereocenters. The normalized spacial score (nSPS) is 11.4. The molecule has 2 amide bonds. The number of carbonyl (C=O) groups excluding carboxylic acids is 1. The molecule has 0 saturated carbocycles. The maximum absolute atomic E-state index is 11.5. The highest BCUT2D eigenvalue weighted by Crippen LogP contribution is 2.01. The lowest BCUT2D eigenvalue weighted by Gasteiger charge is -2.07. The number of hydrogen-bond acceptors (Lipinski definition) is 3. The first-order valence-corrected chi connectivity index (χ1v) is 5.36. The van der Waals surface area contributed by atoms with Crippen molar-refractivity contribution >= 4 is 17.7 Å². The molecule has 1 rings (SSSR count). The summed E-state index contributed by atoms with van der Waals surface area (Å²) < 4.78 is 0. The lowest BCUT2D eigenvalue weighted by Crippen LogP contribution is -2.39. The van der Waals surface area contributed by atoms with Gasteiger partial charge in [0.15, 0.2) is 5.96 Å². The van der Waals surface area contributed by atoms with Crippen LogP contribution in [0.1, 0.15) is 13.8 Å². The van der Waals surface area contributed by atoms with Gasteiger partial charge in [0.05, 0.1) is 11.9 Å². The summed E-state index contributed by atoms with van der Waals surface area (Å²) in [6.45, 7) is 4.62. The van der Waals surface area contributed by atoms with E-state index in [1.807, 2.05) is 13.8 Å². The van der Waals surface area contributed by atoms with Gasteiger partial charge in [0.1, 0.15) is 0 Å². The smallest absolute Gasteiger partial charge is 0.326 e. The lowest BCUT2D eigenvalue weighted by molar-refractivity contribution is 0.256. The Balaban J connectivity index is 2.42. The van der Waals surface area contributed by atoms with Crippen LogP contribution in [0.4, 0.5) is 10.5 Å². The molecular formula is C11H17N5O. The number of rotatable bonds is 3. The van der Waals surface area contributed by atoms with Gasteiger partial charge in [-0.1, -0.05) is 13.8 Å². The van der Waals surface area contributed by atoms with Crippen molar-refractivity contribution in [3.8, 4) is 0 Å². The van der Waals surface area contributed by atoms with Crippen LogP contribution in [-0.2, 0) is 0 Å². The molecular weight excluding hydrogens is 218 g/mol. The highest BCUT2D eigenvalue weighted by atomic mass is 16.2. The second-order valence-corrected chi connectivity index (χ2v) is 3.94. The molecule has 1 heterocycles. The van der Waals surface area contributed by atoms with E-state index in [0.717, 1.165) is 0 Å². The number of nitrogens with zero attached hydrogens (tertiary/aromatic N) is 2. The Morgan fingerprint density at radius 3 is 2.94 bits per heavy atom. The van der Waals surface area contributed by atoms with E-state index in [1.54, 1.807) is 24.5 Å². The molecule has 6 nitrogen and oxygen atoms in total. The van der Waals surface area contributed by atoms with Crippen LogP contribution in [0.3, 0.4) is 0 Å². The quantitative estimate of drug-likeness (QED) is 0.542. The van der Waals surface area contributed by atoms with Crippen molar-refractivity contribution in [2.24, 2.45) is 16.6 Å². The Labute approximate surface area is 100 Å². The molecule has 0 radical (unpaired) electrons. The molecule has 1 aromatic rings. The van der Waals surface area contributed by atoms with Gasteiger partial charge in [-0.3, -0.25) is 15.3 Å². The average Bonchev–Trinajstić information content (AvgIpc) is 2.27. The Kier molecular flexibility index (Phi) is 4.93. The van der Waals surface area contributed by atoms with E-state index >= 15 is 0 Å². The molecule has 17 heavy (non-hydrogen) atoms. The van der Waals surface area contributed by atoms with Gasteiger partial charge >= 0.3 is 6.03 Å². The number of aliphatic imine (C=N–C) groups is 1. The molecule has 0 saturated heterocycles. The highest BCUT2D eigenvalue weighted by molar-refractivity contribution is 6.01. The van der Waals surface area contributed by atoms with Crippen LogP contribution in [-0.4, -0.2) is 23.5 Å². The topological polar surface area (TPSA) is 92.4 Å². The summed E-state index contributed by atoms with van der Waals surface area (Å²) in [7, 11) is 0. The number of anilines is 1. The first kappa shape index (κ1) is 13.0. The molecule has 4 N–H and O–H groups in total. The summed E-state index contributed by atoms with van der Waals surface area (Å²) >= 11 is 0. The first-order chi connectivity index (χ1) is 8.08. The Morgan fingerprint density at radius 1 is 1.59 bits per heavy atom. The number of nitrogens with one attached hydrogen (secondary N) is 2. The first-order valence-electron chi connectivity index (χ1n) is 5.36. The summed E-state index contributed by atoms with van der Waals surface area (Å²) in [6.07, 6.45) is 3.17. The van der Waals surface area contributed by atoms with Crippen LogP contribution < -0.4 is 16.4 Å². The van der Waals surface area contributed by atoms with Gasteiger partial charge in [0.25, 0.3) is 0 Å². The fourth-order valence-corrected chi connectivity index (χ4v) is 1.04. The van der Waals surface area contributed by atoms with Crippen molar-refractivity contribution in [1.29, 1.82) is 0 Å². The van der Waals surface area contributed by atoms with E-state index in [2.05, 4.69) is 20.6 Å². The van der Waals surface area contributed by atoms with Crippen molar-refractivity contribution in [1.82, 2.24) is 10.3 Å². The van der Waals surface area contributed by atoms with Gasteiger partial charge in [0.2, 0.25) is 0 Å². The zero-order chi connectivity index (χ0) is 12.7. The maximum atomic E-state index is 11.5. The molecule has 0 fully saturated rings. The SMILES string of the molecule is CC(C)CN=C(N)NC(=O)Nc1cccnc1. The third kappa shape index (κ3) is 5.50. The van der Waals surface area contributed by atoms with E-state index in [0.29, 0.717) is 18.2 Å². The summed E-state index contributed by atoms with van der Waals surface area (Å²) in [5.74, 6) is 0.511. The second-order valence-electron chi connectivity index (χ2n) is 3.94. The van der Waals surface area contributed by atoms with Gasteiger partial charge in [-0.15, -0.1) is 0 Å². The Hall–Kier alpha value is -2.11. The third-order valence-corrected chi connectivity index (χ3v) is 1.79. The lowest BCUT2D eigenvalue weighted by atomic mass is 10.2. The van der Waals surface area contributed by atoms with Gasteiger partial charge in [-0.25, -0.2) is 4.79 Å². The minimum atomic E-state index is -0.428. The predicted molar refractivity (Wildman–Crippen MR) is 67.7 cm³/mol. The predicted octanol–water partition coefficient (Wildman–Crippen LogP) is 1.17. The summed E-state index contributed by atoms with van der Waals surface area (Å²) in [4.78, 5) is 19.3. The van der Waals surface area contributed by atoms with E-state index < -0.39 is 6.03 Å². The maximum Gasteiger partial charge on any atom is 0.326 e. The van der Waals surface area contributed by atoms with Crippen LogP contribution in [0.5, 0.6) is 0 Å². The van der Waals surface area contributed by atoms with Crippen LogP contribution >= 0.6 is 0 Å². The number of nitrogens with two attached hydrogens (primary N) is 1. The average molecular weight is 235 g/mol. The highest BCUT2D eigenvalue weighted by Gasteiger charge is 2.03. The minimum absolute atomic E-state index is 0.111. The molecule has 1 aromatic heterocycles. The molecule has 0 aliphatic rings. The van der Waals surface area contributed by atoms with Crippen LogP contribution in [0.25, 0.3) is 0 Å². The van der Waals surface area contributed by atoms with Crippen molar-refractivity contribution in [3.05, 3.63) is 24.5 Å². The van der Waals surface area contributed by atoms with Gasteiger partial charge in [-0.2, -0.15) is 0 Å². The van der Waals surface area contributed by atoms with Crippen molar-refractivity contribution in [3.63, 3.8) is 0 Å². The third-order valence-electron chi connectivity index (χ3n) is 1.79. The minimum Gasteiger partial charge on any atom is -0.370 e. The summed E-state index contributed by atoms with van der Waals surface area (Å²) in [6, 6.07) is 3.03. The van der Waals surface area contributed by atoms with Crippen molar-refractivity contribution < 1.29 is 4.79 Å². The van der Waals surface area contributed by atoms with Gasteiger partial charge < -0.3 is 11.1 Å². The Morgan fingerprint density at radius 2 is 2.35 bits per heavy atom. The summed E-state index contributed by atoms with van der Waals surface area (Å²) in [5.41, 5.74) is 6.14. The molecule has 0 bridgehead atoms. The number of guanidine groups is 1. The van der Waals surface area contributed by atoms with E-state index in [4.69, 9.17) is 5.73 Å². The number of carbonyl (C=O) groups is 1. The van der Waals surface area contributed by atoms with Gasteiger partial charge in [-0.05, 0) is 18.1 Å². The molecule has 0 aliphatic carbocycles. The zero-order valence-electron chi connectivity index (χ0n) is 9.97. The zero-order valence-corrected chi connectivity index (χ0v) is 9.97. The standard InChI is InChI=1S/C11H17N5O/c1-8(2)6-14-10(12)16-11(17)15-9-4-3-5-13-7-9/h3-5,7-8H,6H2,1-2H3,(H4,12,14,15,16,17). The molecule has 0 spiro atoms. The number of urea groups is 1. The van der Waals surface area contributed by atoms with Crippen LogP contribution in [0, 0.1) is 5.92 Å². The van der Waals surface area contributed by atoms with E-state index in [9.17, 15) is 4.79 Å². The Bertz CT molecular complexity index is 388. The molecule has 92 valence electrons. The number of hydrogen-bond donors (Lipinski definition) is 3. The molecule has 6 heteroatoms. The number of pyridine rings is 1. The van der Waals surface area contributed by atoms with Crippen molar-refractivity contribution in [2.45, 2.75) is 13.8 Å². The molecule has 0 aromatic carbocycles. The fraction of sp³-hybridized carbons (Fsp3) is 0.364. The second kappa shape index (κ2) is 6.47. The number of amides is 2. The van der Waals surface area contributed by atoms with E-state index in [1.165, 1.54) is 0 Å². The molecule has 0 atom stereocenters. The van der Waals surface area contributed by atoms with Crippen LogP contribution in [0.2, 0.25) is 0 Å². The largest absolute Gasteiger partial charge is 0.370 e. The number of aromatic nitrogens is 1. The van der Waals surface area contributed by atoms with Crippen molar-refractivity contribution in [2.75, 3.05) is 11.9 Å². The summed E-state index contributed by atoms with van der Waals surface area (Å²) in [5, 5.41) is 5.02. The molecule has 0 aliphatic heterocycles. The van der Waals surface area contributed by atoms with Crippen LogP contribution in [0.15, 0.2) is 29.5 Å². The fourth-order valence-electron chi connectivity index (χ4n) is 1.04. The van der Waals surface area contributed by atoms with E-state index in [-0.39, 0.29) is 5.96 Å².